The molecule has 0 atom stereocenters. The third kappa shape index (κ3) is 3.96. The number of amides is 1. The zero-order chi connectivity index (χ0) is 18.0. The molecule has 1 N–H and O–H groups in total. The Kier molecular flexibility index (Phi) is 4.71. The van der Waals surface area contributed by atoms with Crippen molar-refractivity contribution in [1.29, 1.82) is 0 Å². The fraction of sp³-hybridized carbons (Fsp3) is 0.118. The van der Waals surface area contributed by atoms with Crippen LogP contribution in [0.5, 0.6) is 0 Å². The molecule has 1 amide bonds. The number of aromatic nitrogens is 2. The van der Waals surface area contributed by atoms with E-state index in [2.05, 4.69) is 31.2 Å². The third-order valence-corrected chi connectivity index (χ3v) is 4.10. The predicted octanol–water partition coefficient (Wildman–Crippen LogP) is 4.34. The fourth-order valence-electron chi connectivity index (χ4n) is 2.22. The average molecular weight is 410 g/mol. The van der Waals surface area contributed by atoms with Gasteiger partial charge in [-0.3, -0.25) is 9.78 Å². The van der Waals surface area contributed by atoms with Crippen LogP contribution in [-0.4, -0.2) is 15.9 Å². The van der Waals surface area contributed by atoms with Crippen LogP contribution in [0.3, 0.4) is 0 Å². The molecule has 25 heavy (non-hydrogen) atoms. The Balaban J connectivity index is 1.71. The first-order valence-corrected chi connectivity index (χ1v) is 7.98. The van der Waals surface area contributed by atoms with E-state index in [4.69, 9.17) is 0 Å². The van der Waals surface area contributed by atoms with E-state index >= 15 is 0 Å². The lowest BCUT2D eigenvalue weighted by atomic mass is 10.1. The molecule has 2 heterocycles. The summed E-state index contributed by atoms with van der Waals surface area (Å²) in [6.45, 7) is 0.105. The van der Waals surface area contributed by atoms with Crippen LogP contribution in [0.4, 0.5) is 13.2 Å². The molecule has 0 aliphatic heterocycles. The molecule has 0 fully saturated rings. The number of benzene rings is 1. The van der Waals surface area contributed by atoms with Crippen LogP contribution in [0.15, 0.2) is 53.3 Å². The van der Waals surface area contributed by atoms with Gasteiger partial charge in [-0.25, -0.2) is 4.98 Å². The van der Waals surface area contributed by atoms with Gasteiger partial charge in [-0.2, -0.15) is 13.2 Å². The summed E-state index contributed by atoms with van der Waals surface area (Å²) in [7, 11) is 0. The first-order chi connectivity index (χ1) is 11.8. The van der Waals surface area contributed by atoms with Crippen LogP contribution in [0.2, 0.25) is 0 Å². The first kappa shape index (κ1) is 17.3. The molecule has 0 radical (unpaired) electrons. The van der Waals surface area contributed by atoms with E-state index < -0.39 is 17.6 Å². The van der Waals surface area contributed by atoms with Gasteiger partial charge < -0.3 is 5.32 Å². The van der Waals surface area contributed by atoms with Crippen LogP contribution >= 0.6 is 15.9 Å². The summed E-state index contributed by atoms with van der Waals surface area (Å²) in [6.07, 6.45) is -1.16. The Labute approximate surface area is 149 Å². The number of hydrogen-bond acceptors (Lipinski definition) is 3. The molecule has 0 bridgehead atoms. The number of alkyl halides is 3. The van der Waals surface area contributed by atoms with Crippen LogP contribution in [-0.2, 0) is 12.7 Å². The molecular formula is C17H11BrF3N3O. The van der Waals surface area contributed by atoms with Gasteiger partial charge in [0.25, 0.3) is 5.91 Å². The molecule has 3 aromatic rings. The lowest BCUT2D eigenvalue weighted by Gasteiger charge is -2.09. The van der Waals surface area contributed by atoms with Gasteiger partial charge in [-0.05, 0) is 45.8 Å². The van der Waals surface area contributed by atoms with Crippen molar-refractivity contribution in [3.8, 4) is 0 Å². The number of nitrogens with one attached hydrogen (secondary N) is 1. The van der Waals surface area contributed by atoms with Crippen molar-refractivity contribution in [3.05, 3.63) is 70.1 Å². The summed E-state index contributed by atoms with van der Waals surface area (Å²) in [5.74, 6) is -0.412. The molecule has 0 unspecified atom stereocenters. The summed E-state index contributed by atoms with van der Waals surface area (Å²) in [5.41, 5.74) is 0.660. The lowest BCUT2D eigenvalue weighted by molar-refractivity contribution is -0.137. The molecule has 0 spiro atoms. The second-order valence-electron chi connectivity index (χ2n) is 5.27. The zero-order valence-electron chi connectivity index (χ0n) is 12.6. The minimum atomic E-state index is -4.38. The minimum absolute atomic E-state index is 0.105. The van der Waals surface area contributed by atoms with Crippen molar-refractivity contribution in [1.82, 2.24) is 15.3 Å². The molecule has 1 aromatic carbocycles. The normalized spacial score (nSPS) is 11.5. The van der Waals surface area contributed by atoms with Gasteiger partial charge in [0.05, 0.1) is 15.6 Å². The molecule has 0 aliphatic carbocycles. The maximum atomic E-state index is 12.5. The molecule has 0 saturated heterocycles. The molecule has 4 nitrogen and oxygen atoms in total. The van der Waals surface area contributed by atoms with Gasteiger partial charge in [-0.1, -0.05) is 12.1 Å². The Bertz CT molecular complexity index is 927. The van der Waals surface area contributed by atoms with E-state index in [1.807, 2.05) is 0 Å². The van der Waals surface area contributed by atoms with Crippen LogP contribution in [0.25, 0.3) is 10.9 Å². The van der Waals surface area contributed by atoms with Crippen LogP contribution in [0, 0.1) is 0 Å². The number of carbonyl (C=O) groups is 1. The smallest absolute Gasteiger partial charge is 0.347 e. The Morgan fingerprint density at radius 2 is 1.80 bits per heavy atom. The lowest BCUT2D eigenvalue weighted by Crippen LogP contribution is -2.23. The highest BCUT2D eigenvalue weighted by molar-refractivity contribution is 9.10. The van der Waals surface area contributed by atoms with Crippen molar-refractivity contribution in [2.45, 2.75) is 12.7 Å². The number of hydrogen-bond donors (Lipinski definition) is 1. The number of rotatable bonds is 3. The van der Waals surface area contributed by atoms with E-state index in [9.17, 15) is 18.0 Å². The monoisotopic (exact) mass is 409 g/mol. The van der Waals surface area contributed by atoms with E-state index in [1.165, 1.54) is 12.1 Å². The topological polar surface area (TPSA) is 54.9 Å². The van der Waals surface area contributed by atoms with Crippen molar-refractivity contribution in [2.75, 3.05) is 0 Å². The zero-order valence-corrected chi connectivity index (χ0v) is 14.2. The maximum absolute atomic E-state index is 12.5. The minimum Gasteiger partial charge on any atom is -0.347 e. The SMILES string of the molecule is O=C(NCc1ccc(C(F)(F)F)cc1)c1ccc2cncc(Br)c2n1. The standard InChI is InChI=1S/C17H11BrF3N3O/c18-13-9-22-8-11-3-6-14(24-15(11)13)16(25)23-7-10-1-4-12(5-2-10)17(19,20)21/h1-6,8-9H,7H2,(H,23,25). The maximum Gasteiger partial charge on any atom is 0.416 e. The summed E-state index contributed by atoms with van der Waals surface area (Å²) < 4.78 is 38.3. The fourth-order valence-corrected chi connectivity index (χ4v) is 2.66. The average Bonchev–Trinajstić information content (AvgIpc) is 2.59. The van der Waals surface area contributed by atoms with Crippen molar-refractivity contribution in [3.63, 3.8) is 0 Å². The summed E-state index contributed by atoms with van der Waals surface area (Å²) >= 11 is 3.33. The van der Waals surface area contributed by atoms with Crippen molar-refractivity contribution < 1.29 is 18.0 Å². The molecule has 0 saturated carbocycles. The Morgan fingerprint density at radius 3 is 2.48 bits per heavy atom. The van der Waals surface area contributed by atoms with E-state index in [1.54, 1.807) is 24.5 Å². The van der Waals surface area contributed by atoms with Crippen LogP contribution in [0.1, 0.15) is 21.6 Å². The summed E-state index contributed by atoms with van der Waals surface area (Å²) in [4.78, 5) is 20.5. The van der Waals surface area contributed by atoms with Crippen LogP contribution < -0.4 is 5.32 Å². The highest BCUT2D eigenvalue weighted by atomic mass is 79.9. The van der Waals surface area contributed by atoms with E-state index in [-0.39, 0.29) is 12.2 Å². The molecule has 3 rings (SSSR count). The van der Waals surface area contributed by atoms with Crippen molar-refractivity contribution in [2.24, 2.45) is 0 Å². The Morgan fingerprint density at radius 1 is 1.08 bits per heavy atom. The molecule has 2 aromatic heterocycles. The Hall–Kier alpha value is -2.48. The highest BCUT2D eigenvalue weighted by Crippen LogP contribution is 2.29. The largest absolute Gasteiger partial charge is 0.416 e. The van der Waals surface area contributed by atoms with Gasteiger partial charge in [0.15, 0.2) is 0 Å². The summed E-state index contributed by atoms with van der Waals surface area (Å²) in [5, 5.41) is 3.43. The van der Waals surface area contributed by atoms with Gasteiger partial charge in [0.1, 0.15) is 5.69 Å². The second kappa shape index (κ2) is 6.79. The molecule has 8 heteroatoms. The van der Waals surface area contributed by atoms with Gasteiger partial charge in [0, 0.05) is 24.3 Å². The second-order valence-corrected chi connectivity index (χ2v) is 6.12. The quantitative estimate of drug-likeness (QED) is 0.699. The van der Waals surface area contributed by atoms with E-state index in [0.29, 0.717) is 15.6 Å². The van der Waals surface area contributed by atoms with Gasteiger partial charge in [0.2, 0.25) is 0 Å². The van der Waals surface area contributed by atoms with Gasteiger partial charge >= 0.3 is 6.18 Å². The number of pyridine rings is 2. The number of halogens is 4. The number of fused-ring (bicyclic) bond motifs is 1. The highest BCUT2D eigenvalue weighted by Gasteiger charge is 2.29. The van der Waals surface area contributed by atoms with Crippen molar-refractivity contribution >= 4 is 32.7 Å². The number of carbonyl (C=O) groups excluding carboxylic acids is 1. The summed E-state index contributed by atoms with van der Waals surface area (Å²) in [6, 6.07) is 7.93. The third-order valence-electron chi connectivity index (χ3n) is 3.52. The molecular weight excluding hydrogens is 399 g/mol. The first-order valence-electron chi connectivity index (χ1n) is 7.19. The predicted molar refractivity (Wildman–Crippen MR) is 89.9 cm³/mol. The number of nitrogens with zero attached hydrogens (tertiary/aromatic N) is 2. The van der Waals surface area contributed by atoms with E-state index in [0.717, 1.165) is 17.5 Å². The molecule has 0 aliphatic rings. The molecule has 128 valence electrons. The van der Waals surface area contributed by atoms with Gasteiger partial charge in [-0.15, -0.1) is 0 Å².